The van der Waals surface area contributed by atoms with Crippen molar-refractivity contribution in [2.45, 2.75) is 50.5 Å². The fourth-order valence-electron chi connectivity index (χ4n) is 3.10. The van der Waals surface area contributed by atoms with Gasteiger partial charge < -0.3 is 10.2 Å². The summed E-state index contributed by atoms with van der Waals surface area (Å²) >= 11 is 0. The maximum atomic E-state index is 12.4. The summed E-state index contributed by atoms with van der Waals surface area (Å²) in [6.45, 7) is 4.36. The van der Waals surface area contributed by atoms with Crippen LogP contribution in [0.3, 0.4) is 0 Å². The number of nitrogens with one attached hydrogen (secondary N) is 2. The molecule has 0 bridgehead atoms. The average molecular weight is 379 g/mol. The maximum absolute atomic E-state index is 12.4. The topological polar surface area (TPSA) is 95.6 Å². The van der Waals surface area contributed by atoms with Crippen LogP contribution in [-0.2, 0) is 26.0 Å². The summed E-state index contributed by atoms with van der Waals surface area (Å²) < 4.78 is 27.4. The van der Waals surface area contributed by atoms with Crippen molar-refractivity contribution in [1.29, 1.82) is 0 Å². The molecule has 2 amide bonds. The molecule has 142 valence electrons. The largest absolute Gasteiger partial charge is 0.354 e. The third-order valence-corrected chi connectivity index (χ3v) is 6.00. The van der Waals surface area contributed by atoms with Crippen molar-refractivity contribution in [3.05, 3.63) is 23.8 Å². The van der Waals surface area contributed by atoms with E-state index in [9.17, 15) is 18.0 Å². The number of anilines is 1. The highest BCUT2D eigenvalue weighted by Gasteiger charge is 2.36. The predicted octanol–water partition coefficient (Wildman–Crippen LogP) is 1.18. The minimum atomic E-state index is -3.68. The lowest BCUT2D eigenvalue weighted by Gasteiger charge is -2.17. The highest BCUT2D eigenvalue weighted by Crippen LogP contribution is 2.37. The van der Waals surface area contributed by atoms with Gasteiger partial charge >= 0.3 is 0 Å². The summed E-state index contributed by atoms with van der Waals surface area (Å²) in [5, 5.41) is 2.72. The second-order valence-electron chi connectivity index (χ2n) is 7.17. The molecule has 26 heavy (non-hydrogen) atoms. The van der Waals surface area contributed by atoms with E-state index in [0.717, 1.165) is 24.1 Å². The number of fused-ring (bicyclic) bond motifs is 1. The molecule has 0 spiro atoms. The van der Waals surface area contributed by atoms with Gasteiger partial charge in [-0.05, 0) is 56.9 Å². The van der Waals surface area contributed by atoms with Crippen LogP contribution in [-0.4, -0.2) is 39.4 Å². The lowest BCUT2D eigenvalue weighted by Crippen LogP contribution is -2.34. The molecular weight excluding hydrogens is 354 g/mol. The lowest BCUT2D eigenvalue weighted by atomic mass is 10.2. The Labute approximate surface area is 154 Å². The average Bonchev–Trinajstić information content (AvgIpc) is 3.32. The predicted molar refractivity (Wildman–Crippen MR) is 98.3 cm³/mol. The van der Waals surface area contributed by atoms with E-state index in [4.69, 9.17) is 0 Å². The van der Waals surface area contributed by atoms with E-state index in [1.807, 2.05) is 13.8 Å². The number of hydrogen-bond donors (Lipinski definition) is 2. The normalized spacial score (nSPS) is 16.7. The molecule has 0 radical (unpaired) electrons. The zero-order valence-corrected chi connectivity index (χ0v) is 15.9. The second-order valence-corrected chi connectivity index (χ2v) is 8.94. The number of hydrogen-bond acceptors (Lipinski definition) is 4. The molecule has 1 aliphatic heterocycles. The van der Waals surface area contributed by atoms with Gasteiger partial charge in [0.1, 0.15) is 0 Å². The Balaban J connectivity index is 1.64. The standard InChI is InChI=1S/C18H25N3O4S/c1-12(2)20-17(22)7-9-19-26(24,25)15-5-6-16-14(11-15)8-10-21(16)18(23)13-3-4-13/h5-6,11-13,19H,3-4,7-10H2,1-2H3,(H,20,22). The summed E-state index contributed by atoms with van der Waals surface area (Å²) in [6.07, 6.45) is 2.65. The third kappa shape index (κ3) is 4.24. The quantitative estimate of drug-likeness (QED) is 0.744. The first-order valence-electron chi connectivity index (χ1n) is 9.01. The van der Waals surface area contributed by atoms with Crippen molar-refractivity contribution in [2.75, 3.05) is 18.0 Å². The molecule has 0 atom stereocenters. The van der Waals surface area contributed by atoms with Gasteiger partial charge in [-0.3, -0.25) is 9.59 Å². The first-order valence-corrected chi connectivity index (χ1v) is 10.5. The Morgan fingerprint density at radius 2 is 2.00 bits per heavy atom. The molecule has 8 heteroatoms. The molecule has 1 fully saturated rings. The van der Waals surface area contributed by atoms with Gasteiger partial charge in [0.2, 0.25) is 21.8 Å². The monoisotopic (exact) mass is 379 g/mol. The Morgan fingerprint density at radius 1 is 1.27 bits per heavy atom. The summed E-state index contributed by atoms with van der Waals surface area (Å²) in [4.78, 5) is 25.8. The summed E-state index contributed by atoms with van der Waals surface area (Å²) in [6, 6.07) is 4.89. The number of carbonyl (C=O) groups is 2. The van der Waals surface area contributed by atoms with Gasteiger partial charge in [0.05, 0.1) is 4.90 Å². The summed E-state index contributed by atoms with van der Waals surface area (Å²) in [7, 11) is -3.68. The van der Waals surface area contributed by atoms with Crippen LogP contribution in [0.4, 0.5) is 5.69 Å². The third-order valence-electron chi connectivity index (χ3n) is 4.54. The van der Waals surface area contributed by atoms with Crippen LogP contribution in [0, 0.1) is 5.92 Å². The molecule has 1 aromatic rings. The van der Waals surface area contributed by atoms with Crippen molar-refractivity contribution in [1.82, 2.24) is 10.0 Å². The van der Waals surface area contributed by atoms with Gasteiger partial charge in [-0.15, -0.1) is 0 Å². The van der Waals surface area contributed by atoms with Crippen molar-refractivity contribution in [2.24, 2.45) is 5.92 Å². The van der Waals surface area contributed by atoms with Gasteiger partial charge in [0, 0.05) is 37.2 Å². The van der Waals surface area contributed by atoms with E-state index in [2.05, 4.69) is 10.0 Å². The number of amides is 2. The van der Waals surface area contributed by atoms with E-state index in [1.54, 1.807) is 17.0 Å². The maximum Gasteiger partial charge on any atom is 0.240 e. The molecule has 7 nitrogen and oxygen atoms in total. The van der Waals surface area contributed by atoms with Crippen LogP contribution < -0.4 is 14.9 Å². The minimum Gasteiger partial charge on any atom is -0.354 e. The highest BCUT2D eigenvalue weighted by atomic mass is 32.2. The number of benzene rings is 1. The zero-order valence-electron chi connectivity index (χ0n) is 15.1. The van der Waals surface area contributed by atoms with Gasteiger partial charge in [0.15, 0.2) is 0 Å². The van der Waals surface area contributed by atoms with Crippen molar-refractivity contribution in [3.8, 4) is 0 Å². The Kier molecular flexibility index (Phi) is 5.34. The first-order chi connectivity index (χ1) is 12.3. The molecule has 3 rings (SSSR count). The second kappa shape index (κ2) is 7.36. The number of carbonyl (C=O) groups excluding carboxylic acids is 2. The van der Waals surface area contributed by atoms with E-state index in [-0.39, 0.29) is 41.6 Å². The van der Waals surface area contributed by atoms with E-state index < -0.39 is 10.0 Å². The van der Waals surface area contributed by atoms with Crippen LogP contribution in [0.15, 0.2) is 23.1 Å². The molecule has 1 aromatic carbocycles. The van der Waals surface area contributed by atoms with Gasteiger partial charge in [0.25, 0.3) is 0 Å². The highest BCUT2D eigenvalue weighted by molar-refractivity contribution is 7.89. The van der Waals surface area contributed by atoms with Crippen molar-refractivity contribution < 1.29 is 18.0 Å². The van der Waals surface area contributed by atoms with Crippen molar-refractivity contribution >= 4 is 27.5 Å². The molecular formula is C18H25N3O4S. The SMILES string of the molecule is CC(C)NC(=O)CCNS(=O)(=O)c1ccc2c(c1)CCN2C(=O)C1CC1. The zero-order chi connectivity index (χ0) is 18.9. The van der Waals surface area contributed by atoms with E-state index >= 15 is 0 Å². The van der Waals surface area contributed by atoms with E-state index in [0.29, 0.717) is 13.0 Å². The molecule has 0 unspecified atom stereocenters. The molecule has 0 aromatic heterocycles. The molecule has 1 aliphatic carbocycles. The summed E-state index contributed by atoms with van der Waals surface area (Å²) in [5.74, 6) is 0.0996. The number of rotatable bonds is 7. The molecule has 1 heterocycles. The van der Waals surface area contributed by atoms with Crippen LogP contribution in [0.25, 0.3) is 0 Å². The van der Waals surface area contributed by atoms with Crippen LogP contribution >= 0.6 is 0 Å². The molecule has 1 saturated carbocycles. The lowest BCUT2D eigenvalue weighted by molar-refractivity contribution is -0.121. The Morgan fingerprint density at radius 3 is 2.65 bits per heavy atom. The Bertz CT molecular complexity index is 816. The molecule has 0 saturated heterocycles. The molecule has 2 aliphatic rings. The van der Waals surface area contributed by atoms with Crippen molar-refractivity contribution in [3.63, 3.8) is 0 Å². The minimum absolute atomic E-state index is 0.0251. The van der Waals surface area contributed by atoms with Gasteiger partial charge in [-0.2, -0.15) is 0 Å². The fraction of sp³-hybridized carbons (Fsp3) is 0.556. The number of nitrogens with zero attached hydrogens (tertiary/aromatic N) is 1. The smallest absolute Gasteiger partial charge is 0.240 e. The molecule has 2 N–H and O–H groups in total. The van der Waals surface area contributed by atoms with Gasteiger partial charge in [-0.1, -0.05) is 0 Å². The Hall–Kier alpha value is -1.93. The van der Waals surface area contributed by atoms with Crippen LogP contribution in [0.5, 0.6) is 0 Å². The fourth-order valence-corrected chi connectivity index (χ4v) is 4.18. The van der Waals surface area contributed by atoms with Gasteiger partial charge in [-0.25, -0.2) is 13.1 Å². The van der Waals surface area contributed by atoms with E-state index in [1.165, 1.54) is 6.07 Å². The summed E-state index contributed by atoms with van der Waals surface area (Å²) in [5.41, 5.74) is 1.69. The first kappa shape index (κ1) is 18.8. The van der Waals surface area contributed by atoms with Crippen LogP contribution in [0.1, 0.15) is 38.7 Å². The number of sulfonamides is 1. The van der Waals surface area contributed by atoms with Crippen LogP contribution in [0.2, 0.25) is 0 Å².